The van der Waals surface area contributed by atoms with Gasteiger partial charge in [0.1, 0.15) is 5.69 Å². The van der Waals surface area contributed by atoms with Crippen molar-refractivity contribution in [1.82, 2.24) is 29.4 Å². The average molecular weight is 276 g/mol. The van der Waals surface area contributed by atoms with Crippen LogP contribution in [0.15, 0.2) is 55.0 Å². The van der Waals surface area contributed by atoms with Gasteiger partial charge in [-0.1, -0.05) is 6.07 Å². The molecule has 0 spiro atoms. The van der Waals surface area contributed by atoms with Crippen LogP contribution in [0.3, 0.4) is 0 Å². The number of rotatable bonds is 2. The van der Waals surface area contributed by atoms with Crippen LogP contribution in [0.5, 0.6) is 0 Å². The van der Waals surface area contributed by atoms with Gasteiger partial charge in [-0.25, -0.2) is 19.2 Å². The molecule has 0 aliphatic carbocycles. The zero-order chi connectivity index (χ0) is 14.2. The molecular weight excluding hydrogens is 264 g/mol. The lowest BCUT2D eigenvalue weighted by Crippen LogP contribution is -2.04. The second-order valence-electron chi connectivity index (χ2n) is 4.71. The zero-order valence-corrected chi connectivity index (χ0v) is 11.4. The van der Waals surface area contributed by atoms with E-state index in [4.69, 9.17) is 0 Å². The van der Waals surface area contributed by atoms with Crippen molar-refractivity contribution >= 4 is 5.65 Å². The van der Waals surface area contributed by atoms with Crippen molar-refractivity contribution in [2.24, 2.45) is 0 Å². The summed E-state index contributed by atoms with van der Waals surface area (Å²) in [5.74, 6) is 0.780. The van der Waals surface area contributed by atoms with Crippen LogP contribution < -0.4 is 0 Å². The van der Waals surface area contributed by atoms with E-state index in [-0.39, 0.29) is 0 Å². The van der Waals surface area contributed by atoms with E-state index in [1.165, 1.54) is 0 Å². The largest absolute Gasteiger partial charge is 0.236 e. The van der Waals surface area contributed by atoms with Crippen LogP contribution >= 0.6 is 0 Å². The summed E-state index contributed by atoms with van der Waals surface area (Å²) >= 11 is 0. The molecule has 0 atom stereocenters. The minimum absolute atomic E-state index is 0.780. The van der Waals surface area contributed by atoms with Crippen LogP contribution in [-0.2, 0) is 0 Å². The smallest absolute Gasteiger partial charge is 0.154 e. The molecule has 0 aliphatic heterocycles. The van der Waals surface area contributed by atoms with E-state index in [0.29, 0.717) is 0 Å². The summed E-state index contributed by atoms with van der Waals surface area (Å²) in [5, 5.41) is 8.91. The lowest BCUT2D eigenvalue weighted by molar-refractivity contribution is 0.836. The summed E-state index contributed by atoms with van der Waals surface area (Å²) in [6, 6.07) is 11.7. The van der Waals surface area contributed by atoms with Gasteiger partial charge in [-0.2, -0.15) is 10.2 Å². The molecule has 0 N–H and O–H groups in total. The number of fused-ring (bicyclic) bond motifs is 1. The normalized spacial score (nSPS) is 11.1. The van der Waals surface area contributed by atoms with Crippen molar-refractivity contribution in [3.05, 3.63) is 60.7 Å². The zero-order valence-electron chi connectivity index (χ0n) is 11.4. The molecule has 0 aromatic carbocycles. The van der Waals surface area contributed by atoms with Crippen LogP contribution in [-0.4, -0.2) is 29.4 Å². The van der Waals surface area contributed by atoms with Crippen molar-refractivity contribution in [3.8, 4) is 17.2 Å². The quantitative estimate of drug-likeness (QED) is 0.563. The molecule has 6 nitrogen and oxygen atoms in total. The molecule has 0 unspecified atom stereocenters. The Morgan fingerprint density at radius 1 is 1.00 bits per heavy atom. The van der Waals surface area contributed by atoms with Crippen molar-refractivity contribution in [2.45, 2.75) is 6.92 Å². The SMILES string of the molecule is Cc1cccc(-n2nccc2-c2ccc3nccn3n2)n1. The molecule has 0 aliphatic rings. The van der Waals surface area contributed by atoms with Crippen LogP contribution in [0.1, 0.15) is 5.69 Å². The number of aryl methyl sites for hydroxylation is 1. The summed E-state index contributed by atoms with van der Waals surface area (Å²) in [6.07, 6.45) is 5.30. The number of hydrogen-bond donors (Lipinski definition) is 0. The van der Waals surface area contributed by atoms with Gasteiger partial charge in [-0.15, -0.1) is 0 Å². The second kappa shape index (κ2) is 4.52. The topological polar surface area (TPSA) is 60.9 Å². The molecular formula is C15H12N6. The molecule has 0 bridgehead atoms. The highest BCUT2D eigenvalue weighted by molar-refractivity contribution is 5.58. The highest BCUT2D eigenvalue weighted by Gasteiger charge is 2.10. The number of aromatic nitrogens is 6. The minimum atomic E-state index is 0.780. The maximum Gasteiger partial charge on any atom is 0.154 e. The summed E-state index contributed by atoms with van der Waals surface area (Å²) < 4.78 is 3.54. The van der Waals surface area contributed by atoms with Crippen LogP contribution in [0, 0.1) is 6.92 Å². The van der Waals surface area contributed by atoms with Crippen LogP contribution in [0.25, 0.3) is 22.9 Å². The fourth-order valence-electron chi connectivity index (χ4n) is 2.28. The predicted octanol–water partition coefficient (Wildman–Crippen LogP) is 2.29. The second-order valence-corrected chi connectivity index (χ2v) is 4.71. The summed E-state index contributed by atoms with van der Waals surface area (Å²) in [7, 11) is 0. The van der Waals surface area contributed by atoms with Gasteiger partial charge in [0.05, 0.1) is 11.9 Å². The van der Waals surface area contributed by atoms with E-state index >= 15 is 0 Å². The lowest BCUT2D eigenvalue weighted by atomic mass is 10.3. The Hall–Kier alpha value is -3.02. The number of nitrogens with zero attached hydrogens (tertiary/aromatic N) is 6. The molecule has 0 amide bonds. The molecule has 0 saturated heterocycles. The van der Waals surface area contributed by atoms with Crippen LogP contribution in [0.2, 0.25) is 0 Å². The third-order valence-corrected chi connectivity index (χ3v) is 3.25. The molecule has 0 radical (unpaired) electrons. The van der Waals surface area contributed by atoms with Crippen molar-refractivity contribution in [1.29, 1.82) is 0 Å². The average Bonchev–Trinajstić information content (AvgIpc) is 3.15. The molecule has 4 aromatic heterocycles. The summed E-state index contributed by atoms with van der Waals surface area (Å²) in [4.78, 5) is 8.71. The molecule has 6 heteroatoms. The van der Waals surface area contributed by atoms with E-state index in [1.807, 2.05) is 49.5 Å². The van der Waals surface area contributed by atoms with E-state index in [1.54, 1.807) is 21.6 Å². The monoisotopic (exact) mass is 276 g/mol. The molecule has 0 fully saturated rings. The van der Waals surface area contributed by atoms with Gasteiger partial charge in [-0.05, 0) is 37.3 Å². The first-order chi connectivity index (χ1) is 10.3. The minimum Gasteiger partial charge on any atom is -0.236 e. The van der Waals surface area contributed by atoms with Gasteiger partial charge in [-0.3, -0.25) is 0 Å². The predicted molar refractivity (Wildman–Crippen MR) is 78.1 cm³/mol. The van der Waals surface area contributed by atoms with E-state index in [2.05, 4.69) is 20.2 Å². The Morgan fingerprint density at radius 2 is 1.95 bits per heavy atom. The van der Waals surface area contributed by atoms with Gasteiger partial charge in [0.25, 0.3) is 0 Å². The molecule has 4 rings (SSSR count). The first-order valence-electron chi connectivity index (χ1n) is 6.60. The molecule has 4 aromatic rings. The molecule has 0 saturated carbocycles. The maximum atomic E-state index is 4.55. The number of hydrogen-bond acceptors (Lipinski definition) is 4. The van der Waals surface area contributed by atoms with Gasteiger partial charge in [0.15, 0.2) is 11.5 Å². The highest BCUT2D eigenvalue weighted by atomic mass is 15.3. The van der Waals surface area contributed by atoms with E-state index in [9.17, 15) is 0 Å². The molecule has 102 valence electrons. The Bertz CT molecular complexity index is 920. The standard InChI is InChI=1S/C15H12N6/c1-11-3-2-4-15(18-11)21-13(7-8-17-21)12-5-6-14-16-9-10-20(14)19-12/h2-10H,1H3. The number of imidazole rings is 1. The fraction of sp³-hybridized carbons (Fsp3) is 0.0667. The number of pyridine rings is 1. The maximum absolute atomic E-state index is 4.55. The summed E-state index contributed by atoms with van der Waals surface area (Å²) in [5.41, 5.74) is 3.48. The van der Waals surface area contributed by atoms with Crippen LogP contribution in [0.4, 0.5) is 0 Å². The first-order valence-corrected chi connectivity index (χ1v) is 6.60. The third-order valence-electron chi connectivity index (χ3n) is 3.25. The third kappa shape index (κ3) is 1.97. The highest BCUT2D eigenvalue weighted by Crippen LogP contribution is 2.19. The lowest BCUT2D eigenvalue weighted by Gasteiger charge is -2.07. The molecule has 21 heavy (non-hydrogen) atoms. The molecule has 4 heterocycles. The summed E-state index contributed by atoms with van der Waals surface area (Å²) in [6.45, 7) is 1.96. The van der Waals surface area contributed by atoms with E-state index < -0.39 is 0 Å². The fourth-order valence-corrected chi connectivity index (χ4v) is 2.28. The van der Waals surface area contributed by atoms with Crippen molar-refractivity contribution in [3.63, 3.8) is 0 Å². The van der Waals surface area contributed by atoms with Crippen molar-refractivity contribution in [2.75, 3.05) is 0 Å². The van der Waals surface area contributed by atoms with Crippen molar-refractivity contribution < 1.29 is 0 Å². The van der Waals surface area contributed by atoms with Gasteiger partial charge in [0.2, 0.25) is 0 Å². The van der Waals surface area contributed by atoms with Gasteiger partial charge in [0, 0.05) is 18.1 Å². The Morgan fingerprint density at radius 3 is 2.86 bits per heavy atom. The Labute approximate surface area is 120 Å². The Balaban J connectivity index is 1.88. The van der Waals surface area contributed by atoms with E-state index in [0.717, 1.165) is 28.5 Å². The Kier molecular flexibility index (Phi) is 2.53. The van der Waals surface area contributed by atoms with Gasteiger partial charge < -0.3 is 0 Å². The first kappa shape index (κ1) is 11.8. The van der Waals surface area contributed by atoms with Gasteiger partial charge >= 0.3 is 0 Å².